The summed E-state index contributed by atoms with van der Waals surface area (Å²) >= 11 is 6.38. The predicted octanol–water partition coefficient (Wildman–Crippen LogP) is 7.67. The summed E-state index contributed by atoms with van der Waals surface area (Å²) in [6, 6.07) is 10.2. The van der Waals surface area contributed by atoms with Gasteiger partial charge in [0.15, 0.2) is 0 Å². The van der Waals surface area contributed by atoms with Gasteiger partial charge in [-0.2, -0.15) is 5.10 Å². The minimum atomic E-state index is -0.534. The van der Waals surface area contributed by atoms with E-state index in [-0.39, 0.29) is 18.7 Å². The van der Waals surface area contributed by atoms with Crippen LogP contribution in [0.25, 0.3) is 22.0 Å². The average Bonchev–Trinajstić information content (AvgIpc) is 3.51. The van der Waals surface area contributed by atoms with Crippen molar-refractivity contribution in [1.29, 1.82) is 0 Å². The van der Waals surface area contributed by atoms with Crippen LogP contribution in [0.4, 0.5) is 4.79 Å². The van der Waals surface area contributed by atoms with E-state index in [0.29, 0.717) is 64.4 Å². The molecule has 0 unspecified atom stereocenters. The molecule has 0 spiro atoms. The van der Waals surface area contributed by atoms with Crippen LogP contribution in [-0.4, -0.2) is 87.7 Å². The highest BCUT2D eigenvalue weighted by molar-refractivity contribution is 6.32. The van der Waals surface area contributed by atoms with E-state index in [4.69, 9.17) is 30.9 Å². The zero-order valence-electron chi connectivity index (χ0n) is 31.1. The van der Waals surface area contributed by atoms with Crippen LogP contribution in [-0.2, 0) is 29.5 Å². The molecule has 10 nitrogen and oxygen atoms in total. The monoisotopic (exact) mass is 705 g/mol. The van der Waals surface area contributed by atoms with Crippen molar-refractivity contribution in [1.82, 2.24) is 24.1 Å². The van der Waals surface area contributed by atoms with E-state index < -0.39 is 5.60 Å². The van der Waals surface area contributed by atoms with E-state index in [2.05, 4.69) is 34.6 Å². The van der Waals surface area contributed by atoms with Crippen LogP contribution >= 0.6 is 11.6 Å². The fraction of sp³-hybridized carbons (Fsp3) is 0.513. The summed E-state index contributed by atoms with van der Waals surface area (Å²) in [6.45, 7) is 20.2. The summed E-state index contributed by atoms with van der Waals surface area (Å²) in [6.07, 6.45) is 1.06. The molecule has 1 aliphatic heterocycles. The summed E-state index contributed by atoms with van der Waals surface area (Å²) < 4.78 is 21.6. The lowest BCUT2D eigenvalue weighted by Crippen LogP contribution is -2.50. The van der Waals surface area contributed by atoms with Gasteiger partial charge in [0.1, 0.15) is 17.0 Å². The molecule has 0 saturated carbocycles. The maximum Gasteiger partial charge on any atom is 0.410 e. The number of piperazine rings is 1. The highest BCUT2D eigenvalue weighted by Crippen LogP contribution is 2.38. The molecular formula is C39H52ClN5O5. The highest BCUT2D eigenvalue weighted by Gasteiger charge is 2.29. The van der Waals surface area contributed by atoms with Gasteiger partial charge in [0, 0.05) is 73.5 Å². The molecule has 3 heterocycles. The van der Waals surface area contributed by atoms with Gasteiger partial charge in [0.05, 0.1) is 24.4 Å². The lowest BCUT2D eigenvalue weighted by atomic mass is 9.98. The maximum absolute atomic E-state index is 13.9. The van der Waals surface area contributed by atoms with Crippen molar-refractivity contribution < 1.29 is 23.8 Å². The Hall–Kier alpha value is -4.02. The molecule has 50 heavy (non-hydrogen) atoms. The molecule has 0 bridgehead atoms. The molecule has 0 aliphatic carbocycles. The van der Waals surface area contributed by atoms with E-state index in [1.54, 1.807) is 4.90 Å². The van der Waals surface area contributed by atoms with E-state index in [9.17, 15) is 9.59 Å². The molecule has 0 radical (unpaired) electrons. The molecule has 1 aliphatic rings. The third-order valence-electron chi connectivity index (χ3n) is 9.35. The van der Waals surface area contributed by atoms with Crippen LogP contribution in [0.3, 0.4) is 0 Å². The van der Waals surface area contributed by atoms with Gasteiger partial charge in [0.2, 0.25) is 0 Å². The molecule has 0 N–H and O–H groups in total. The Morgan fingerprint density at radius 1 is 0.980 bits per heavy atom. The number of para-hydroxylation sites is 1. The zero-order valence-corrected chi connectivity index (χ0v) is 31.9. The predicted molar refractivity (Wildman–Crippen MR) is 199 cm³/mol. The SMILES string of the molecule is CCOC(=O)c1c(CCCOc2cc(C)c(Cl)c(C)c2)c2cccc(-c3c(C)nn(C)c3C)c2n1CCN1CCN(C(=O)OC(C)(C)C)CC1. The molecule has 1 fully saturated rings. The van der Waals surface area contributed by atoms with E-state index in [1.165, 1.54) is 0 Å². The number of nitrogens with zero attached hydrogens (tertiary/aromatic N) is 5. The van der Waals surface area contributed by atoms with Crippen LogP contribution in [0.2, 0.25) is 5.02 Å². The van der Waals surface area contributed by atoms with Crippen LogP contribution in [0.5, 0.6) is 5.75 Å². The molecule has 11 heteroatoms. The van der Waals surface area contributed by atoms with Crippen molar-refractivity contribution in [2.24, 2.45) is 7.05 Å². The first-order valence-electron chi connectivity index (χ1n) is 17.6. The number of ether oxygens (including phenoxy) is 3. The van der Waals surface area contributed by atoms with Crippen LogP contribution in [0.15, 0.2) is 30.3 Å². The first-order chi connectivity index (χ1) is 23.7. The average molecular weight is 706 g/mol. The van der Waals surface area contributed by atoms with Gasteiger partial charge in [-0.15, -0.1) is 0 Å². The Morgan fingerprint density at radius 2 is 1.66 bits per heavy atom. The van der Waals surface area contributed by atoms with Crippen molar-refractivity contribution in [3.8, 4) is 16.9 Å². The number of benzene rings is 2. The lowest BCUT2D eigenvalue weighted by Gasteiger charge is -2.35. The minimum Gasteiger partial charge on any atom is -0.494 e. The molecule has 1 saturated heterocycles. The molecule has 1 amide bonds. The number of fused-ring (bicyclic) bond motifs is 1. The standard InChI is InChI=1S/C39H52ClN5O5/c1-10-48-37(46)36-31(15-12-22-49-29-23-25(2)34(40)26(3)24-29)30-13-11-14-32(33-27(4)41-42(9)28(33)5)35(30)45(36)21-18-43-16-19-44(20-17-43)38(47)50-39(6,7)8/h11,13-14,23-24H,10,12,15-22H2,1-9H3. The Balaban J connectivity index is 1.48. The lowest BCUT2D eigenvalue weighted by molar-refractivity contribution is 0.0142. The molecule has 4 aromatic rings. The third-order valence-corrected chi connectivity index (χ3v) is 9.94. The largest absolute Gasteiger partial charge is 0.494 e. The molecule has 270 valence electrons. The Morgan fingerprint density at radius 3 is 2.26 bits per heavy atom. The number of aryl methyl sites for hydroxylation is 5. The first-order valence-corrected chi connectivity index (χ1v) is 18.0. The van der Waals surface area contributed by atoms with Gasteiger partial charge in [-0.1, -0.05) is 29.8 Å². The van der Waals surface area contributed by atoms with Crippen molar-refractivity contribution in [2.75, 3.05) is 45.9 Å². The number of esters is 1. The fourth-order valence-electron chi connectivity index (χ4n) is 6.91. The van der Waals surface area contributed by atoms with Crippen molar-refractivity contribution in [3.05, 3.63) is 69.1 Å². The number of rotatable bonds is 11. The summed E-state index contributed by atoms with van der Waals surface area (Å²) in [4.78, 5) is 30.7. The number of hydrogen-bond acceptors (Lipinski definition) is 7. The van der Waals surface area contributed by atoms with Gasteiger partial charge < -0.3 is 23.7 Å². The third kappa shape index (κ3) is 8.13. The molecule has 2 aromatic carbocycles. The van der Waals surface area contributed by atoms with Crippen molar-refractivity contribution in [3.63, 3.8) is 0 Å². The number of carbonyl (C=O) groups excluding carboxylic acids is 2. The second-order valence-electron chi connectivity index (χ2n) is 14.2. The maximum atomic E-state index is 13.9. The van der Waals surface area contributed by atoms with Gasteiger partial charge in [0.25, 0.3) is 0 Å². The van der Waals surface area contributed by atoms with E-state index >= 15 is 0 Å². The highest BCUT2D eigenvalue weighted by atomic mass is 35.5. The smallest absolute Gasteiger partial charge is 0.410 e. The number of amides is 1. The van der Waals surface area contributed by atoms with Gasteiger partial charge in [-0.25, -0.2) is 9.59 Å². The number of hydrogen-bond donors (Lipinski definition) is 0. The number of carbonyl (C=O) groups is 2. The first kappa shape index (κ1) is 37.2. The Kier molecular flexibility index (Phi) is 11.5. The summed E-state index contributed by atoms with van der Waals surface area (Å²) in [5.41, 5.74) is 8.08. The van der Waals surface area contributed by atoms with Crippen molar-refractivity contribution in [2.45, 2.75) is 80.4 Å². The second kappa shape index (κ2) is 15.5. The quantitative estimate of drug-likeness (QED) is 0.117. The minimum absolute atomic E-state index is 0.276. The van der Waals surface area contributed by atoms with Crippen LogP contribution in [0, 0.1) is 27.7 Å². The molecule has 5 rings (SSSR count). The fourth-order valence-corrected chi connectivity index (χ4v) is 7.01. The van der Waals surface area contributed by atoms with Gasteiger partial charge >= 0.3 is 12.1 Å². The Bertz CT molecular complexity index is 1840. The van der Waals surface area contributed by atoms with Crippen molar-refractivity contribution >= 4 is 34.6 Å². The van der Waals surface area contributed by atoms with Gasteiger partial charge in [-0.3, -0.25) is 9.58 Å². The Labute approximate surface area is 301 Å². The number of halogens is 1. The summed E-state index contributed by atoms with van der Waals surface area (Å²) in [5, 5.41) is 6.51. The van der Waals surface area contributed by atoms with E-state index in [1.807, 2.05) is 72.3 Å². The molecular weight excluding hydrogens is 654 g/mol. The number of aromatic nitrogens is 3. The van der Waals surface area contributed by atoms with Crippen LogP contribution in [0.1, 0.15) is 72.7 Å². The molecule has 0 atom stereocenters. The topological polar surface area (TPSA) is 91.1 Å². The normalized spacial score (nSPS) is 14.0. The van der Waals surface area contributed by atoms with Crippen LogP contribution < -0.4 is 4.74 Å². The van der Waals surface area contributed by atoms with E-state index in [0.717, 1.165) is 60.9 Å². The zero-order chi connectivity index (χ0) is 36.3. The summed E-state index contributed by atoms with van der Waals surface area (Å²) in [5.74, 6) is 0.456. The summed E-state index contributed by atoms with van der Waals surface area (Å²) in [7, 11) is 1.96. The molecule has 2 aromatic heterocycles. The van der Waals surface area contributed by atoms with Gasteiger partial charge in [-0.05, 0) is 97.1 Å². The second-order valence-corrected chi connectivity index (χ2v) is 14.6.